The highest BCUT2D eigenvalue weighted by atomic mass is 16.7. The molecule has 2 aliphatic rings. The predicted molar refractivity (Wildman–Crippen MR) is 63.3 cm³/mol. The summed E-state index contributed by atoms with van der Waals surface area (Å²) in [5, 5.41) is 3.38. The Balaban J connectivity index is 1.83. The Morgan fingerprint density at radius 3 is 2.59 bits per heavy atom. The van der Waals surface area contributed by atoms with E-state index in [0.717, 1.165) is 25.7 Å². The number of rotatable bonds is 4. The summed E-state index contributed by atoms with van der Waals surface area (Å²) in [6, 6.07) is 0.183. The Morgan fingerprint density at radius 2 is 1.88 bits per heavy atom. The van der Waals surface area contributed by atoms with Gasteiger partial charge in [0.05, 0.1) is 19.1 Å². The van der Waals surface area contributed by atoms with E-state index < -0.39 is 0 Å². The smallest absolute Gasteiger partial charge is 0.222 e. The first-order chi connectivity index (χ1) is 8.27. The van der Waals surface area contributed by atoms with Gasteiger partial charge in [-0.2, -0.15) is 0 Å². The van der Waals surface area contributed by atoms with Gasteiger partial charge in [-0.3, -0.25) is 4.79 Å². The van der Waals surface area contributed by atoms with Gasteiger partial charge in [-0.1, -0.05) is 19.3 Å². The normalized spacial score (nSPS) is 31.3. The third-order valence-electron chi connectivity index (χ3n) is 3.62. The molecule has 1 saturated carbocycles. The highest BCUT2D eigenvalue weighted by Crippen LogP contribution is 2.23. The van der Waals surface area contributed by atoms with Gasteiger partial charge < -0.3 is 20.5 Å². The minimum atomic E-state index is -0.183. The van der Waals surface area contributed by atoms with Crippen LogP contribution in [0.5, 0.6) is 0 Å². The SMILES string of the molecule is NC(=O)[C@@H]1CCCCC[C@@H]1NCC1OCCO1. The van der Waals surface area contributed by atoms with Crippen molar-refractivity contribution in [2.75, 3.05) is 19.8 Å². The van der Waals surface area contributed by atoms with Crippen LogP contribution in [0.3, 0.4) is 0 Å². The fourth-order valence-electron chi connectivity index (χ4n) is 2.67. The van der Waals surface area contributed by atoms with Gasteiger partial charge in [0, 0.05) is 12.6 Å². The fourth-order valence-corrected chi connectivity index (χ4v) is 2.67. The molecule has 98 valence electrons. The summed E-state index contributed by atoms with van der Waals surface area (Å²) in [6.07, 6.45) is 5.21. The second-order valence-corrected chi connectivity index (χ2v) is 4.83. The molecular weight excluding hydrogens is 220 g/mol. The minimum absolute atomic E-state index is 0.0427. The molecule has 1 saturated heterocycles. The van der Waals surface area contributed by atoms with E-state index in [1.54, 1.807) is 0 Å². The summed E-state index contributed by atoms with van der Waals surface area (Å²) in [6.45, 7) is 1.97. The van der Waals surface area contributed by atoms with E-state index in [-0.39, 0.29) is 24.2 Å². The standard InChI is InChI=1S/C12H22N2O3/c13-12(15)9-4-2-1-3-5-10(9)14-8-11-16-6-7-17-11/h9-11,14H,1-8H2,(H2,13,15)/t9-,10+/m1/s1. The van der Waals surface area contributed by atoms with Crippen molar-refractivity contribution in [2.24, 2.45) is 11.7 Å². The number of carbonyl (C=O) groups is 1. The average molecular weight is 242 g/mol. The Labute approximate surface area is 102 Å². The van der Waals surface area contributed by atoms with E-state index in [9.17, 15) is 4.79 Å². The quantitative estimate of drug-likeness (QED) is 0.699. The third-order valence-corrected chi connectivity index (χ3v) is 3.62. The lowest BCUT2D eigenvalue weighted by Gasteiger charge is -2.24. The number of hydrogen-bond acceptors (Lipinski definition) is 4. The van der Waals surface area contributed by atoms with E-state index >= 15 is 0 Å². The first-order valence-electron chi connectivity index (χ1n) is 6.53. The zero-order valence-electron chi connectivity index (χ0n) is 10.2. The molecule has 2 fully saturated rings. The van der Waals surface area contributed by atoms with Gasteiger partial charge in [-0.15, -0.1) is 0 Å². The number of primary amides is 1. The second kappa shape index (κ2) is 6.33. The molecule has 1 amide bonds. The molecule has 0 aromatic carbocycles. The van der Waals surface area contributed by atoms with E-state index in [1.807, 2.05) is 0 Å². The molecule has 17 heavy (non-hydrogen) atoms. The molecule has 1 aliphatic carbocycles. The van der Waals surface area contributed by atoms with Crippen LogP contribution in [0.2, 0.25) is 0 Å². The van der Waals surface area contributed by atoms with Crippen molar-refractivity contribution in [3.63, 3.8) is 0 Å². The number of carbonyl (C=O) groups excluding carboxylic acids is 1. The lowest BCUT2D eigenvalue weighted by atomic mass is 9.94. The van der Waals surface area contributed by atoms with Crippen molar-refractivity contribution < 1.29 is 14.3 Å². The largest absolute Gasteiger partial charge is 0.369 e. The van der Waals surface area contributed by atoms with Crippen LogP contribution in [-0.4, -0.2) is 38.0 Å². The third kappa shape index (κ3) is 3.66. The van der Waals surface area contributed by atoms with Crippen molar-refractivity contribution in [3.05, 3.63) is 0 Å². The van der Waals surface area contributed by atoms with Crippen molar-refractivity contribution in [2.45, 2.75) is 44.4 Å². The first kappa shape index (κ1) is 12.8. The molecule has 2 atom stereocenters. The molecule has 3 N–H and O–H groups in total. The lowest BCUT2D eigenvalue weighted by Crippen LogP contribution is -2.45. The Morgan fingerprint density at radius 1 is 1.18 bits per heavy atom. The van der Waals surface area contributed by atoms with Crippen molar-refractivity contribution in [1.82, 2.24) is 5.32 Å². The van der Waals surface area contributed by atoms with Gasteiger partial charge in [-0.25, -0.2) is 0 Å². The van der Waals surface area contributed by atoms with Gasteiger partial charge in [0.15, 0.2) is 6.29 Å². The molecule has 2 rings (SSSR count). The van der Waals surface area contributed by atoms with Gasteiger partial charge in [0.2, 0.25) is 5.91 Å². The van der Waals surface area contributed by atoms with Crippen molar-refractivity contribution in [3.8, 4) is 0 Å². The Kier molecular flexibility index (Phi) is 4.76. The van der Waals surface area contributed by atoms with Gasteiger partial charge in [0.1, 0.15) is 0 Å². The summed E-state index contributed by atoms with van der Waals surface area (Å²) < 4.78 is 10.7. The first-order valence-corrected chi connectivity index (χ1v) is 6.53. The Hall–Kier alpha value is -0.650. The number of nitrogens with one attached hydrogen (secondary N) is 1. The van der Waals surface area contributed by atoms with Gasteiger partial charge in [-0.05, 0) is 12.8 Å². The van der Waals surface area contributed by atoms with Crippen molar-refractivity contribution >= 4 is 5.91 Å². The highest BCUT2D eigenvalue weighted by Gasteiger charge is 2.28. The van der Waals surface area contributed by atoms with E-state index in [1.165, 1.54) is 6.42 Å². The van der Waals surface area contributed by atoms with Crippen LogP contribution in [0.4, 0.5) is 0 Å². The van der Waals surface area contributed by atoms with Crippen molar-refractivity contribution in [1.29, 1.82) is 0 Å². The van der Waals surface area contributed by atoms with Crippen LogP contribution in [0.1, 0.15) is 32.1 Å². The predicted octanol–water partition coefficient (Wildman–Crippen LogP) is 0.383. The maximum Gasteiger partial charge on any atom is 0.222 e. The van der Waals surface area contributed by atoms with Gasteiger partial charge in [0.25, 0.3) is 0 Å². The van der Waals surface area contributed by atoms with Crippen LogP contribution in [0.15, 0.2) is 0 Å². The second-order valence-electron chi connectivity index (χ2n) is 4.83. The molecule has 5 nitrogen and oxygen atoms in total. The zero-order chi connectivity index (χ0) is 12.1. The highest BCUT2D eigenvalue weighted by molar-refractivity contribution is 5.77. The summed E-state index contributed by atoms with van der Waals surface area (Å²) in [7, 11) is 0. The number of hydrogen-bond donors (Lipinski definition) is 2. The number of amides is 1. The summed E-state index contributed by atoms with van der Waals surface area (Å²) in [4.78, 5) is 11.4. The molecule has 0 bridgehead atoms. The molecule has 1 aliphatic heterocycles. The minimum Gasteiger partial charge on any atom is -0.369 e. The fraction of sp³-hybridized carbons (Fsp3) is 0.917. The molecule has 0 spiro atoms. The Bertz CT molecular complexity index is 254. The molecule has 0 radical (unpaired) electrons. The van der Waals surface area contributed by atoms with Crippen LogP contribution in [0.25, 0.3) is 0 Å². The van der Waals surface area contributed by atoms with E-state index in [4.69, 9.17) is 15.2 Å². The van der Waals surface area contributed by atoms with Gasteiger partial charge >= 0.3 is 0 Å². The molecule has 5 heteroatoms. The molecule has 1 heterocycles. The summed E-state index contributed by atoms with van der Waals surface area (Å²) in [5.41, 5.74) is 5.47. The average Bonchev–Trinajstić information content (AvgIpc) is 2.70. The van der Waals surface area contributed by atoms with Crippen LogP contribution < -0.4 is 11.1 Å². The molecular formula is C12H22N2O3. The maximum absolute atomic E-state index is 11.4. The molecule has 0 aromatic heterocycles. The van der Waals surface area contributed by atoms with Crippen LogP contribution >= 0.6 is 0 Å². The zero-order valence-corrected chi connectivity index (χ0v) is 10.2. The summed E-state index contributed by atoms with van der Waals surface area (Å²) in [5.74, 6) is -0.225. The summed E-state index contributed by atoms with van der Waals surface area (Å²) >= 11 is 0. The monoisotopic (exact) mass is 242 g/mol. The van der Waals surface area contributed by atoms with E-state index in [2.05, 4.69) is 5.32 Å². The molecule has 0 aromatic rings. The van der Waals surface area contributed by atoms with Crippen LogP contribution in [-0.2, 0) is 14.3 Å². The number of nitrogens with two attached hydrogens (primary N) is 1. The maximum atomic E-state index is 11.4. The number of ether oxygens (including phenoxy) is 2. The van der Waals surface area contributed by atoms with Crippen LogP contribution in [0, 0.1) is 5.92 Å². The van der Waals surface area contributed by atoms with E-state index in [0.29, 0.717) is 19.8 Å². The lowest BCUT2D eigenvalue weighted by molar-refractivity contribution is -0.123. The topological polar surface area (TPSA) is 73.6 Å². The molecule has 0 unspecified atom stereocenters.